The molecule has 0 radical (unpaired) electrons. The van der Waals surface area contributed by atoms with Gasteiger partial charge in [0.15, 0.2) is 0 Å². The summed E-state index contributed by atoms with van der Waals surface area (Å²) in [7, 11) is 1.74. The molecule has 0 aliphatic rings. The average Bonchev–Trinajstić information content (AvgIpc) is 3.28. The van der Waals surface area contributed by atoms with Crippen LogP contribution in [0.5, 0.6) is 0 Å². The summed E-state index contributed by atoms with van der Waals surface area (Å²) in [5.74, 6) is -0.353. The summed E-state index contributed by atoms with van der Waals surface area (Å²) >= 11 is 0. The number of carbonyl (C=O) groups is 1. The van der Waals surface area contributed by atoms with Gasteiger partial charge in [-0.05, 0) is 42.3 Å². The number of amides is 1. The zero-order chi connectivity index (χ0) is 20.9. The summed E-state index contributed by atoms with van der Waals surface area (Å²) in [4.78, 5) is 14.5. The number of halogens is 1. The highest BCUT2D eigenvalue weighted by atomic mass is 19.1. The first-order chi connectivity index (χ1) is 14.6. The molecule has 0 aliphatic heterocycles. The van der Waals surface area contributed by atoms with E-state index in [1.165, 1.54) is 6.07 Å². The summed E-state index contributed by atoms with van der Waals surface area (Å²) in [5.41, 5.74) is 3.99. The van der Waals surface area contributed by atoms with Crippen molar-refractivity contribution in [2.75, 3.05) is 13.6 Å². The fourth-order valence-electron chi connectivity index (χ4n) is 3.42. The van der Waals surface area contributed by atoms with Gasteiger partial charge in [-0.25, -0.2) is 9.07 Å². The summed E-state index contributed by atoms with van der Waals surface area (Å²) in [6.07, 6.45) is 2.21. The second kappa shape index (κ2) is 8.74. The molecule has 1 heterocycles. The maximum absolute atomic E-state index is 13.8. The highest BCUT2D eigenvalue weighted by Crippen LogP contribution is 2.23. The molecule has 0 unspecified atom stereocenters. The first-order valence-corrected chi connectivity index (χ1v) is 9.82. The van der Waals surface area contributed by atoms with Crippen LogP contribution in [0.4, 0.5) is 4.39 Å². The molecule has 3 aromatic carbocycles. The number of hydrogen-bond acceptors (Lipinski definition) is 2. The van der Waals surface area contributed by atoms with Gasteiger partial charge in [-0.3, -0.25) is 4.79 Å². The number of rotatable bonds is 6. The van der Waals surface area contributed by atoms with Crippen LogP contribution in [0.3, 0.4) is 0 Å². The molecule has 4 rings (SSSR count). The number of carbonyl (C=O) groups excluding carboxylic acids is 1. The molecule has 4 nitrogen and oxygen atoms in total. The van der Waals surface area contributed by atoms with Gasteiger partial charge in [0.2, 0.25) is 0 Å². The Balaban J connectivity index is 1.53. The van der Waals surface area contributed by atoms with Crippen molar-refractivity contribution in [1.29, 1.82) is 0 Å². The van der Waals surface area contributed by atoms with Crippen molar-refractivity contribution in [3.05, 3.63) is 108 Å². The lowest BCUT2D eigenvalue weighted by molar-refractivity contribution is 0.0796. The second-order valence-corrected chi connectivity index (χ2v) is 7.11. The molecular formula is C25H22FN3O. The molecule has 0 saturated carbocycles. The summed E-state index contributed by atoms with van der Waals surface area (Å²) < 4.78 is 15.7. The topological polar surface area (TPSA) is 38.1 Å². The molecule has 0 N–H and O–H groups in total. The van der Waals surface area contributed by atoms with E-state index in [1.54, 1.807) is 42.4 Å². The Labute approximate surface area is 175 Å². The van der Waals surface area contributed by atoms with Crippen LogP contribution in [-0.2, 0) is 6.42 Å². The first-order valence-electron chi connectivity index (χ1n) is 9.82. The van der Waals surface area contributed by atoms with Crippen molar-refractivity contribution in [3.8, 4) is 16.9 Å². The molecule has 30 heavy (non-hydrogen) atoms. The number of nitrogens with zero attached hydrogens (tertiary/aromatic N) is 3. The van der Waals surface area contributed by atoms with Crippen molar-refractivity contribution < 1.29 is 9.18 Å². The van der Waals surface area contributed by atoms with Gasteiger partial charge in [0.25, 0.3) is 5.91 Å². The Morgan fingerprint density at radius 1 is 0.967 bits per heavy atom. The molecule has 150 valence electrons. The van der Waals surface area contributed by atoms with Crippen LogP contribution in [-0.4, -0.2) is 34.2 Å². The molecule has 0 atom stereocenters. The Bertz CT molecular complexity index is 1150. The summed E-state index contributed by atoms with van der Waals surface area (Å²) in [5, 5.41) is 4.44. The normalized spacial score (nSPS) is 10.7. The van der Waals surface area contributed by atoms with Gasteiger partial charge in [-0.1, -0.05) is 54.6 Å². The van der Waals surface area contributed by atoms with Gasteiger partial charge in [0, 0.05) is 24.7 Å². The number of likely N-dealkylation sites (N-methyl/N-ethyl adjacent to an activating group) is 1. The minimum atomic E-state index is -0.243. The smallest absolute Gasteiger partial charge is 0.253 e. The Morgan fingerprint density at radius 2 is 1.73 bits per heavy atom. The molecule has 0 aliphatic carbocycles. The zero-order valence-corrected chi connectivity index (χ0v) is 16.7. The van der Waals surface area contributed by atoms with Crippen molar-refractivity contribution in [2.24, 2.45) is 0 Å². The highest BCUT2D eigenvalue weighted by Gasteiger charge is 2.14. The summed E-state index contributed by atoms with van der Waals surface area (Å²) in [6, 6.07) is 26.0. The molecule has 0 fully saturated rings. The van der Waals surface area contributed by atoms with E-state index in [-0.39, 0.29) is 11.7 Å². The van der Waals surface area contributed by atoms with Crippen molar-refractivity contribution >= 4 is 5.91 Å². The van der Waals surface area contributed by atoms with Gasteiger partial charge in [0.1, 0.15) is 5.82 Å². The molecule has 0 bridgehead atoms. The molecule has 1 amide bonds. The van der Waals surface area contributed by atoms with E-state index in [2.05, 4.69) is 5.10 Å². The Kier molecular flexibility index (Phi) is 5.70. The lowest BCUT2D eigenvalue weighted by Crippen LogP contribution is -2.29. The fraction of sp³-hybridized carbons (Fsp3) is 0.120. The Hall–Kier alpha value is -3.73. The van der Waals surface area contributed by atoms with Crippen LogP contribution in [0.15, 0.2) is 91.1 Å². The third-order valence-corrected chi connectivity index (χ3v) is 5.07. The van der Waals surface area contributed by atoms with E-state index in [0.29, 0.717) is 24.1 Å². The van der Waals surface area contributed by atoms with E-state index in [4.69, 9.17) is 0 Å². The minimum absolute atomic E-state index is 0.110. The van der Waals surface area contributed by atoms with Crippen molar-refractivity contribution in [3.63, 3.8) is 0 Å². The van der Waals surface area contributed by atoms with Gasteiger partial charge in [-0.2, -0.15) is 5.10 Å². The van der Waals surface area contributed by atoms with E-state index in [9.17, 15) is 9.18 Å². The van der Waals surface area contributed by atoms with Crippen LogP contribution in [0, 0.1) is 5.82 Å². The highest BCUT2D eigenvalue weighted by molar-refractivity contribution is 5.94. The molecular weight excluding hydrogens is 377 g/mol. The van der Waals surface area contributed by atoms with E-state index < -0.39 is 0 Å². The number of benzene rings is 3. The second-order valence-electron chi connectivity index (χ2n) is 7.11. The zero-order valence-electron chi connectivity index (χ0n) is 16.7. The van der Waals surface area contributed by atoms with Gasteiger partial charge < -0.3 is 4.90 Å². The van der Waals surface area contributed by atoms with Gasteiger partial charge >= 0.3 is 0 Å². The van der Waals surface area contributed by atoms with Crippen LogP contribution < -0.4 is 0 Å². The number of aromatic nitrogens is 2. The fourth-order valence-corrected chi connectivity index (χ4v) is 3.42. The van der Waals surface area contributed by atoms with E-state index in [1.807, 2.05) is 59.3 Å². The summed E-state index contributed by atoms with van der Waals surface area (Å²) in [6.45, 7) is 0.432. The first kappa shape index (κ1) is 19.6. The number of hydrogen-bond donors (Lipinski definition) is 0. The predicted molar refractivity (Wildman–Crippen MR) is 116 cm³/mol. The third-order valence-electron chi connectivity index (χ3n) is 5.07. The SMILES string of the molecule is CN(CCc1ccccc1F)C(=O)c1cccc(-n2nccc2-c2ccccc2)c1. The lowest BCUT2D eigenvalue weighted by atomic mass is 10.1. The van der Waals surface area contributed by atoms with Crippen LogP contribution >= 0.6 is 0 Å². The Morgan fingerprint density at radius 3 is 2.53 bits per heavy atom. The van der Waals surface area contributed by atoms with Crippen LogP contribution in [0.25, 0.3) is 16.9 Å². The molecule has 4 aromatic rings. The lowest BCUT2D eigenvalue weighted by Gasteiger charge is -2.18. The largest absolute Gasteiger partial charge is 0.341 e. The van der Waals surface area contributed by atoms with Crippen LogP contribution in [0.2, 0.25) is 0 Å². The third kappa shape index (κ3) is 4.15. The van der Waals surface area contributed by atoms with E-state index >= 15 is 0 Å². The van der Waals surface area contributed by atoms with Gasteiger partial charge in [-0.15, -0.1) is 0 Å². The van der Waals surface area contributed by atoms with Gasteiger partial charge in [0.05, 0.1) is 17.6 Å². The quantitative estimate of drug-likeness (QED) is 0.458. The van der Waals surface area contributed by atoms with E-state index in [0.717, 1.165) is 16.9 Å². The molecule has 1 aromatic heterocycles. The standard InChI is InChI=1S/C25H22FN3O/c1-28(17-15-19-8-5-6-13-23(19)26)25(30)21-11-7-12-22(18-21)29-24(14-16-27-29)20-9-3-2-4-10-20/h2-14,16,18H,15,17H2,1H3. The predicted octanol–water partition coefficient (Wildman–Crippen LogP) is 4.99. The minimum Gasteiger partial charge on any atom is -0.341 e. The monoisotopic (exact) mass is 399 g/mol. The molecule has 0 saturated heterocycles. The maximum Gasteiger partial charge on any atom is 0.253 e. The molecule has 5 heteroatoms. The molecule has 0 spiro atoms. The van der Waals surface area contributed by atoms with Crippen molar-refractivity contribution in [2.45, 2.75) is 6.42 Å². The van der Waals surface area contributed by atoms with Crippen LogP contribution in [0.1, 0.15) is 15.9 Å². The average molecular weight is 399 g/mol. The van der Waals surface area contributed by atoms with Crippen molar-refractivity contribution in [1.82, 2.24) is 14.7 Å². The maximum atomic E-state index is 13.8.